The summed E-state index contributed by atoms with van der Waals surface area (Å²) in [5, 5.41) is 2.87. The van der Waals surface area contributed by atoms with Crippen molar-refractivity contribution in [1.82, 2.24) is 4.90 Å². The highest BCUT2D eigenvalue weighted by molar-refractivity contribution is 7.99. The van der Waals surface area contributed by atoms with E-state index in [-0.39, 0.29) is 12.1 Å². The lowest BCUT2D eigenvalue weighted by molar-refractivity contribution is 0.0602. The first-order chi connectivity index (χ1) is 13.1. The highest BCUT2D eigenvalue weighted by atomic mass is 32.2. The smallest absolute Gasteiger partial charge is 0.339 e. The topological polar surface area (TPSA) is 67.9 Å². The summed E-state index contributed by atoms with van der Waals surface area (Å²) in [7, 11) is 2.95. The van der Waals surface area contributed by atoms with Crippen molar-refractivity contribution in [1.29, 1.82) is 0 Å². The number of thioether (sulfide) groups is 1. The zero-order chi connectivity index (χ0) is 19.2. The van der Waals surface area contributed by atoms with Crippen LogP contribution >= 0.6 is 11.8 Å². The molecule has 7 heteroatoms. The van der Waals surface area contributed by atoms with Crippen molar-refractivity contribution in [2.45, 2.75) is 6.04 Å². The van der Waals surface area contributed by atoms with E-state index in [4.69, 9.17) is 9.47 Å². The van der Waals surface area contributed by atoms with Crippen LogP contribution in [-0.2, 0) is 4.74 Å². The molecular weight excluding hydrogens is 364 g/mol. The monoisotopic (exact) mass is 386 g/mol. The largest absolute Gasteiger partial charge is 0.497 e. The number of rotatable bonds is 4. The molecule has 3 rings (SSSR count). The molecule has 1 fully saturated rings. The summed E-state index contributed by atoms with van der Waals surface area (Å²) in [5.74, 6) is 1.99. The van der Waals surface area contributed by atoms with Crippen molar-refractivity contribution < 1.29 is 19.1 Å². The van der Waals surface area contributed by atoms with Crippen LogP contribution in [0, 0.1) is 0 Å². The van der Waals surface area contributed by atoms with Crippen molar-refractivity contribution in [2.24, 2.45) is 0 Å². The van der Waals surface area contributed by atoms with Crippen molar-refractivity contribution >= 4 is 29.4 Å². The van der Waals surface area contributed by atoms with Gasteiger partial charge >= 0.3 is 12.0 Å². The molecule has 2 amide bonds. The Kier molecular flexibility index (Phi) is 6.24. The number of anilines is 1. The number of hydrogen-bond donors (Lipinski definition) is 1. The fraction of sp³-hybridized carbons (Fsp3) is 0.300. The Labute approximate surface area is 162 Å². The molecule has 142 valence electrons. The molecule has 1 atom stereocenters. The predicted octanol–water partition coefficient (Wildman–Crippen LogP) is 3.80. The normalized spacial score (nSPS) is 16.5. The fourth-order valence-electron chi connectivity index (χ4n) is 3.02. The average Bonchev–Trinajstić information content (AvgIpc) is 2.73. The summed E-state index contributed by atoms with van der Waals surface area (Å²) in [6, 6.07) is 14.3. The van der Waals surface area contributed by atoms with E-state index in [1.807, 2.05) is 40.9 Å². The van der Waals surface area contributed by atoms with Crippen LogP contribution < -0.4 is 10.1 Å². The van der Waals surface area contributed by atoms with Gasteiger partial charge in [0.1, 0.15) is 5.75 Å². The van der Waals surface area contributed by atoms with Gasteiger partial charge in [0.2, 0.25) is 0 Å². The van der Waals surface area contributed by atoms with Gasteiger partial charge in [-0.1, -0.05) is 24.3 Å². The van der Waals surface area contributed by atoms with E-state index < -0.39 is 5.97 Å². The van der Waals surface area contributed by atoms with Gasteiger partial charge in [0, 0.05) is 18.1 Å². The van der Waals surface area contributed by atoms with Gasteiger partial charge in [-0.15, -0.1) is 0 Å². The molecule has 1 saturated heterocycles. The molecule has 27 heavy (non-hydrogen) atoms. The third kappa shape index (κ3) is 4.36. The van der Waals surface area contributed by atoms with Crippen molar-refractivity contribution in [3.05, 3.63) is 59.7 Å². The molecule has 1 heterocycles. The minimum Gasteiger partial charge on any atom is -0.497 e. The number of urea groups is 1. The first-order valence-electron chi connectivity index (χ1n) is 8.60. The van der Waals surface area contributed by atoms with E-state index in [2.05, 4.69) is 5.32 Å². The van der Waals surface area contributed by atoms with Crippen molar-refractivity contribution in [2.75, 3.05) is 37.6 Å². The first-order valence-corrected chi connectivity index (χ1v) is 9.76. The van der Waals surface area contributed by atoms with Crippen molar-refractivity contribution in [3.63, 3.8) is 0 Å². The number of carbonyl (C=O) groups excluding carboxylic acids is 2. The second-order valence-electron chi connectivity index (χ2n) is 6.02. The number of amides is 2. The van der Waals surface area contributed by atoms with E-state index in [0.29, 0.717) is 17.8 Å². The Hall–Kier alpha value is -2.67. The maximum atomic E-state index is 13.0. The molecule has 2 aromatic rings. The van der Waals surface area contributed by atoms with Gasteiger partial charge in [-0.25, -0.2) is 9.59 Å². The molecule has 1 aliphatic heterocycles. The van der Waals surface area contributed by atoms with E-state index in [0.717, 1.165) is 22.8 Å². The predicted molar refractivity (Wildman–Crippen MR) is 107 cm³/mol. The summed E-state index contributed by atoms with van der Waals surface area (Å²) >= 11 is 1.82. The van der Waals surface area contributed by atoms with Crippen LogP contribution in [0.25, 0.3) is 0 Å². The quantitative estimate of drug-likeness (QED) is 0.810. The number of para-hydroxylation sites is 1. The van der Waals surface area contributed by atoms with Crippen LogP contribution in [0.3, 0.4) is 0 Å². The molecule has 0 aromatic heterocycles. The van der Waals surface area contributed by atoms with Gasteiger partial charge in [-0.2, -0.15) is 11.8 Å². The summed E-state index contributed by atoms with van der Waals surface area (Å²) in [5.41, 5.74) is 1.83. The van der Waals surface area contributed by atoms with Crippen LogP contribution in [0.2, 0.25) is 0 Å². The van der Waals surface area contributed by atoms with Gasteiger partial charge in [0.15, 0.2) is 0 Å². The Morgan fingerprint density at radius 1 is 1.11 bits per heavy atom. The number of nitrogens with one attached hydrogen (secondary N) is 1. The fourth-order valence-corrected chi connectivity index (χ4v) is 4.10. The zero-order valence-corrected chi connectivity index (χ0v) is 16.1. The number of carbonyl (C=O) groups is 2. The lowest BCUT2D eigenvalue weighted by atomic mass is 10.1. The maximum absolute atomic E-state index is 13.0. The van der Waals surface area contributed by atoms with Crippen LogP contribution in [-0.4, -0.2) is 49.2 Å². The van der Waals surface area contributed by atoms with E-state index in [9.17, 15) is 9.59 Å². The third-order valence-corrected chi connectivity index (χ3v) is 5.49. The second-order valence-corrected chi connectivity index (χ2v) is 7.17. The van der Waals surface area contributed by atoms with E-state index in [1.165, 1.54) is 7.11 Å². The minimum atomic E-state index is -0.480. The Morgan fingerprint density at radius 2 is 1.85 bits per heavy atom. The first kappa shape index (κ1) is 19.1. The van der Waals surface area contributed by atoms with Gasteiger partial charge < -0.3 is 19.7 Å². The number of hydrogen-bond acceptors (Lipinski definition) is 5. The van der Waals surface area contributed by atoms with Gasteiger partial charge in [0.25, 0.3) is 0 Å². The van der Waals surface area contributed by atoms with Crippen molar-refractivity contribution in [3.8, 4) is 5.75 Å². The summed E-state index contributed by atoms with van der Waals surface area (Å²) in [6.07, 6.45) is 0. The van der Waals surface area contributed by atoms with Gasteiger partial charge in [0.05, 0.1) is 31.5 Å². The summed E-state index contributed by atoms with van der Waals surface area (Å²) in [6.45, 7) is 0.633. The second kappa shape index (κ2) is 8.81. The number of esters is 1. The molecule has 0 spiro atoms. The average molecular weight is 386 g/mol. The van der Waals surface area contributed by atoms with Gasteiger partial charge in [-0.05, 0) is 29.8 Å². The van der Waals surface area contributed by atoms with E-state index >= 15 is 0 Å². The number of methoxy groups -OCH3 is 2. The molecule has 0 saturated carbocycles. The number of nitrogens with zero attached hydrogens (tertiary/aromatic N) is 1. The molecule has 0 unspecified atom stereocenters. The van der Waals surface area contributed by atoms with Crippen LogP contribution in [0.4, 0.5) is 10.5 Å². The standard InChI is InChI=1S/C20H22N2O4S/c1-25-15-9-7-14(8-10-15)18-13-27-12-11-22(18)20(24)21-17-6-4-3-5-16(17)19(23)26-2/h3-10,18H,11-13H2,1-2H3,(H,21,24)/t18-/m0/s1. The number of ether oxygens (including phenoxy) is 2. The lowest BCUT2D eigenvalue weighted by Gasteiger charge is -2.35. The Bertz CT molecular complexity index is 810. The van der Waals surface area contributed by atoms with Crippen LogP contribution in [0.15, 0.2) is 48.5 Å². The highest BCUT2D eigenvalue weighted by Gasteiger charge is 2.29. The summed E-state index contributed by atoms with van der Waals surface area (Å²) < 4.78 is 10.0. The minimum absolute atomic E-state index is 0.0417. The zero-order valence-electron chi connectivity index (χ0n) is 15.3. The Morgan fingerprint density at radius 3 is 2.56 bits per heavy atom. The Balaban J connectivity index is 1.81. The molecule has 2 aromatic carbocycles. The molecular formula is C20H22N2O4S. The summed E-state index contributed by atoms with van der Waals surface area (Å²) in [4.78, 5) is 26.7. The van der Waals surface area contributed by atoms with Gasteiger partial charge in [-0.3, -0.25) is 0 Å². The molecule has 0 radical (unpaired) electrons. The lowest BCUT2D eigenvalue weighted by Crippen LogP contribution is -2.43. The number of benzene rings is 2. The highest BCUT2D eigenvalue weighted by Crippen LogP contribution is 2.31. The molecule has 0 bridgehead atoms. The molecule has 0 aliphatic carbocycles. The molecule has 1 N–H and O–H groups in total. The third-order valence-electron chi connectivity index (χ3n) is 4.46. The molecule has 6 nitrogen and oxygen atoms in total. The molecule has 1 aliphatic rings. The van der Waals surface area contributed by atoms with Crippen LogP contribution in [0.1, 0.15) is 22.0 Å². The van der Waals surface area contributed by atoms with Crippen LogP contribution in [0.5, 0.6) is 5.75 Å². The van der Waals surface area contributed by atoms with E-state index in [1.54, 1.807) is 31.4 Å². The SMILES string of the molecule is COC(=O)c1ccccc1NC(=O)N1CCSC[C@H]1c1ccc(OC)cc1. The maximum Gasteiger partial charge on any atom is 0.339 e.